The van der Waals surface area contributed by atoms with E-state index in [4.69, 9.17) is 0 Å². The lowest BCUT2D eigenvalue weighted by molar-refractivity contribution is 0.423. The zero-order valence-corrected chi connectivity index (χ0v) is 13.0. The first-order chi connectivity index (χ1) is 10.9. The molecule has 3 aromatic rings. The van der Waals surface area contributed by atoms with E-state index in [9.17, 15) is 0 Å². The van der Waals surface area contributed by atoms with Crippen molar-refractivity contribution in [3.05, 3.63) is 42.1 Å². The van der Waals surface area contributed by atoms with E-state index in [-0.39, 0.29) is 0 Å². The highest BCUT2D eigenvalue weighted by atomic mass is 32.2. The molecule has 2 aromatic heterocycles. The van der Waals surface area contributed by atoms with Gasteiger partial charge in [0.2, 0.25) is 5.16 Å². The summed E-state index contributed by atoms with van der Waals surface area (Å²) in [7, 11) is 0. The third-order valence-corrected chi connectivity index (χ3v) is 5.19. The normalized spacial score (nSPS) is 15.6. The summed E-state index contributed by atoms with van der Waals surface area (Å²) in [5.41, 5.74) is 2.29. The van der Waals surface area contributed by atoms with Crippen LogP contribution in [0.2, 0.25) is 0 Å². The largest absolute Gasteiger partial charge is 0.256 e. The zero-order chi connectivity index (χ0) is 14.8. The van der Waals surface area contributed by atoms with Gasteiger partial charge in [0.05, 0.1) is 11.6 Å². The molecular weight excluding hydrogens is 294 g/mol. The average Bonchev–Trinajstić information content (AvgIpc) is 3.23. The molecule has 1 aliphatic carbocycles. The minimum absolute atomic E-state index is 0.475. The first-order valence-corrected chi connectivity index (χ1v) is 8.64. The van der Waals surface area contributed by atoms with Crippen molar-refractivity contribution in [1.82, 2.24) is 25.2 Å². The second-order valence-corrected chi connectivity index (χ2v) is 6.57. The molecule has 1 aromatic carbocycles. The second-order valence-electron chi connectivity index (χ2n) is 5.63. The third-order valence-electron chi connectivity index (χ3n) is 4.21. The Kier molecular flexibility index (Phi) is 3.76. The number of aromatic nitrogens is 5. The number of hydrogen-bond acceptors (Lipinski definition) is 5. The lowest BCUT2D eigenvalue weighted by Crippen LogP contribution is -2.08. The quantitative estimate of drug-likeness (QED) is 0.689. The van der Waals surface area contributed by atoms with Crippen LogP contribution in [0.1, 0.15) is 37.3 Å². The summed E-state index contributed by atoms with van der Waals surface area (Å²) < 4.78 is 2.01. The van der Waals surface area contributed by atoms with Crippen molar-refractivity contribution < 1.29 is 0 Å². The average molecular weight is 311 g/mol. The van der Waals surface area contributed by atoms with E-state index in [0.29, 0.717) is 6.04 Å². The molecule has 4 rings (SSSR count). The van der Waals surface area contributed by atoms with E-state index in [1.807, 2.05) is 16.9 Å². The van der Waals surface area contributed by atoms with Gasteiger partial charge in [-0.3, -0.25) is 4.98 Å². The van der Waals surface area contributed by atoms with Crippen molar-refractivity contribution in [2.75, 3.05) is 0 Å². The molecule has 1 fully saturated rings. The van der Waals surface area contributed by atoms with Gasteiger partial charge in [-0.15, -0.1) is 5.10 Å². The Morgan fingerprint density at radius 1 is 1.14 bits per heavy atom. The molecule has 112 valence electrons. The number of thioether (sulfide) groups is 1. The van der Waals surface area contributed by atoms with Gasteiger partial charge < -0.3 is 0 Å². The number of pyridine rings is 1. The Bertz CT molecular complexity index is 774. The molecule has 0 N–H and O–H groups in total. The summed E-state index contributed by atoms with van der Waals surface area (Å²) in [6.45, 7) is 0. The van der Waals surface area contributed by atoms with E-state index >= 15 is 0 Å². The fraction of sp³-hybridized carbons (Fsp3) is 0.375. The number of rotatable bonds is 4. The minimum Gasteiger partial charge on any atom is -0.256 e. The van der Waals surface area contributed by atoms with Gasteiger partial charge in [0.25, 0.3) is 0 Å². The molecule has 6 heteroatoms. The summed E-state index contributed by atoms with van der Waals surface area (Å²) in [6.07, 6.45) is 6.78. The van der Waals surface area contributed by atoms with Crippen molar-refractivity contribution in [2.24, 2.45) is 0 Å². The maximum atomic E-state index is 4.51. The minimum atomic E-state index is 0.475. The third kappa shape index (κ3) is 2.59. The first kappa shape index (κ1) is 13.7. The van der Waals surface area contributed by atoms with Crippen LogP contribution in [0.25, 0.3) is 10.9 Å². The van der Waals surface area contributed by atoms with Crippen molar-refractivity contribution in [3.63, 3.8) is 0 Å². The molecule has 0 unspecified atom stereocenters. The van der Waals surface area contributed by atoms with Crippen LogP contribution in [-0.4, -0.2) is 25.2 Å². The number of nitrogens with zero attached hydrogens (tertiary/aromatic N) is 5. The van der Waals surface area contributed by atoms with Gasteiger partial charge in [-0.25, -0.2) is 4.68 Å². The first-order valence-electron chi connectivity index (χ1n) is 7.65. The second kappa shape index (κ2) is 6.04. The molecule has 22 heavy (non-hydrogen) atoms. The number of benzene rings is 1. The Labute approximate surface area is 133 Å². The van der Waals surface area contributed by atoms with Crippen LogP contribution >= 0.6 is 11.8 Å². The van der Waals surface area contributed by atoms with E-state index in [1.165, 1.54) is 36.6 Å². The molecule has 0 spiro atoms. The van der Waals surface area contributed by atoms with Gasteiger partial charge in [-0.05, 0) is 34.9 Å². The summed E-state index contributed by atoms with van der Waals surface area (Å²) in [4.78, 5) is 4.51. The lowest BCUT2D eigenvalue weighted by atomic mass is 10.1. The predicted molar refractivity (Wildman–Crippen MR) is 86.6 cm³/mol. The van der Waals surface area contributed by atoms with Gasteiger partial charge in [-0.2, -0.15) is 0 Å². The lowest BCUT2D eigenvalue weighted by Gasteiger charge is -2.11. The van der Waals surface area contributed by atoms with Crippen LogP contribution in [0.15, 0.2) is 41.7 Å². The summed E-state index contributed by atoms with van der Waals surface area (Å²) in [5, 5.41) is 14.4. The highest BCUT2D eigenvalue weighted by molar-refractivity contribution is 7.98. The summed E-state index contributed by atoms with van der Waals surface area (Å²) in [6, 6.07) is 10.9. The Morgan fingerprint density at radius 2 is 2.00 bits per heavy atom. The molecular formula is C16H17N5S. The van der Waals surface area contributed by atoms with Crippen LogP contribution < -0.4 is 0 Å². The Hall–Kier alpha value is -1.95. The zero-order valence-electron chi connectivity index (χ0n) is 12.2. The topological polar surface area (TPSA) is 56.5 Å². The van der Waals surface area contributed by atoms with Crippen LogP contribution in [0.4, 0.5) is 0 Å². The number of hydrogen-bond donors (Lipinski definition) is 0. The summed E-state index contributed by atoms with van der Waals surface area (Å²) in [5.74, 6) is 0.835. The van der Waals surface area contributed by atoms with Crippen molar-refractivity contribution in [3.8, 4) is 0 Å². The van der Waals surface area contributed by atoms with E-state index in [1.54, 1.807) is 11.8 Å². The highest BCUT2D eigenvalue weighted by Crippen LogP contribution is 2.32. The molecule has 0 amide bonds. The molecule has 0 bridgehead atoms. The van der Waals surface area contributed by atoms with Crippen LogP contribution in [-0.2, 0) is 5.75 Å². The Balaban J connectivity index is 1.56. The standard InChI is InChI=1S/C16H17N5S/c1-2-9-14(8-1)21-16(18-19-20-21)22-11-13-6-3-5-12-7-4-10-17-15(12)13/h3-7,10,14H,1-2,8-9,11H2. The fourth-order valence-electron chi connectivity index (χ4n) is 3.08. The number of tetrazole rings is 1. The molecule has 0 saturated heterocycles. The van der Waals surface area contributed by atoms with Crippen LogP contribution in [0.5, 0.6) is 0 Å². The van der Waals surface area contributed by atoms with E-state index in [0.717, 1.165) is 16.4 Å². The molecule has 1 saturated carbocycles. The Morgan fingerprint density at radius 3 is 2.91 bits per heavy atom. The molecule has 1 aliphatic rings. The van der Waals surface area contributed by atoms with Gasteiger partial charge in [0.15, 0.2) is 0 Å². The van der Waals surface area contributed by atoms with Crippen LogP contribution in [0.3, 0.4) is 0 Å². The predicted octanol–water partition coefficient (Wildman–Crippen LogP) is 3.63. The molecule has 2 heterocycles. The molecule has 0 atom stereocenters. The SMILES string of the molecule is c1cnc2c(CSc3nnnn3C3CCCC3)cccc2c1. The molecule has 0 aliphatic heterocycles. The van der Waals surface area contributed by atoms with Gasteiger partial charge in [-0.1, -0.05) is 48.9 Å². The summed E-state index contributed by atoms with van der Waals surface area (Å²) >= 11 is 1.70. The van der Waals surface area contributed by atoms with E-state index < -0.39 is 0 Å². The van der Waals surface area contributed by atoms with Crippen molar-refractivity contribution in [2.45, 2.75) is 42.6 Å². The van der Waals surface area contributed by atoms with Crippen molar-refractivity contribution in [1.29, 1.82) is 0 Å². The highest BCUT2D eigenvalue weighted by Gasteiger charge is 2.21. The van der Waals surface area contributed by atoms with Gasteiger partial charge in [0.1, 0.15) is 0 Å². The monoisotopic (exact) mass is 311 g/mol. The van der Waals surface area contributed by atoms with Gasteiger partial charge in [0, 0.05) is 17.3 Å². The maximum Gasteiger partial charge on any atom is 0.209 e. The maximum absolute atomic E-state index is 4.51. The van der Waals surface area contributed by atoms with E-state index in [2.05, 4.69) is 44.8 Å². The van der Waals surface area contributed by atoms with Crippen LogP contribution in [0, 0.1) is 0 Å². The number of para-hydroxylation sites is 1. The number of fused-ring (bicyclic) bond motifs is 1. The van der Waals surface area contributed by atoms with Gasteiger partial charge >= 0.3 is 0 Å². The smallest absolute Gasteiger partial charge is 0.209 e. The molecule has 5 nitrogen and oxygen atoms in total. The molecule has 0 radical (unpaired) electrons. The van der Waals surface area contributed by atoms with Crippen molar-refractivity contribution >= 4 is 22.7 Å². The fourth-order valence-corrected chi connectivity index (χ4v) is 4.01.